The Balaban J connectivity index is 1.69. The number of sulfonamides is 1. The van der Waals surface area contributed by atoms with E-state index in [9.17, 15) is 13.2 Å². The van der Waals surface area contributed by atoms with Gasteiger partial charge in [0.1, 0.15) is 18.2 Å². The molecule has 2 N–H and O–H groups in total. The molecule has 0 fully saturated rings. The van der Waals surface area contributed by atoms with Gasteiger partial charge in [0.15, 0.2) is 0 Å². The topological polar surface area (TPSA) is 105 Å². The second-order valence-electron chi connectivity index (χ2n) is 6.99. The number of aromatic nitrogens is 2. The number of hydrogen-bond acceptors (Lipinski definition) is 5. The second kappa shape index (κ2) is 7.32. The third kappa shape index (κ3) is 3.49. The van der Waals surface area contributed by atoms with Gasteiger partial charge in [0.05, 0.1) is 15.9 Å². The normalized spacial score (nSPS) is 18.2. The number of aliphatic imine (C=N–C) groups is 1. The second-order valence-corrected chi connectivity index (χ2v) is 8.64. The van der Waals surface area contributed by atoms with Gasteiger partial charge in [-0.2, -0.15) is 0 Å². The maximum Gasteiger partial charge on any atom is 0.263 e. The molecule has 2 aromatic carbocycles. The van der Waals surface area contributed by atoms with Gasteiger partial charge in [-0.1, -0.05) is 44.5 Å². The standard InChI is InChI=1S/C20H21N5O3S/c1-3-13(2)18(20(26)23-25-12-21-15-9-5-6-10-16(15)25)22-19-14-8-4-7-11-17(14)29(27,28)24-19/h4-13,18H,3H2,1-2H3,(H,22,24)(H,23,26)/t13-,18-/m0/s1. The van der Waals surface area contributed by atoms with Crippen molar-refractivity contribution in [1.29, 1.82) is 0 Å². The maximum atomic E-state index is 13.1. The SMILES string of the molecule is CC[C@H](C)[C@H](N=C1NS(=O)(=O)c2ccccc21)C(=O)Nn1cnc2ccccc21. The highest BCUT2D eigenvalue weighted by atomic mass is 32.2. The van der Waals surface area contributed by atoms with Crippen LogP contribution >= 0.6 is 0 Å². The number of carbonyl (C=O) groups excluding carboxylic acids is 1. The van der Waals surface area contributed by atoms with E-state index in [1.54, 1.807) is 22.9 Å². The van der Waals surface area contributed by atoms with E-state index < -0.39 is 16.1 Å². The number of imidazole rings is 1. The number of nitrogens with one attached hydrogen (secondary N) is 2. The van der Waals surface area contributed by atoms with E-state index in [0.29, 0.717) is 12.0 Å². The lowest BCUT2D eigenvalue weighted by atomic mass is 9.99. The largest absolute Gasteiger partial charge is 0.271 e. The first-order valence-electron chi connectivity index (χ1n) is 9.33. The third-order valence-corrected chi connectivity index (χ3v) is 6.46. The number of carbonyl (C=O) groups is 1. The predicted molar refractivity (Wildman–Crippen MR) is 111 cm³/mol. The van der Waals surface area contributed by atoms with Crippen LogP contribution in [0, 0.1) is 5.92 Å². The van der Waals surface area contributed by atoms with Crippen LogP contribution in [0.5, 0.6) is 0 Å². The van der Waals surface area contributed by atoms with Crippen LogP contribution in [-0.2, 0) is 14.8 Å². The van der Waals surface area contributed by atoms with Gasteiger partial charge < -0.3 is 0 Å². The summed E-state index contributed by atoms with van der Waals surface area (Å²) in [6, 6.07) is 13.3. The summed E-state index contributed by atoms with van der Waals surface area (Å²) in [6.45, 7) is 3.88. The van der Waals surface area contributed by atoms with Crippen molar-refractivity contribution in [3.05, 3.63) is 60.4 Å². The Hall–Kier alpha value is -3.20. The van der Waals surface area contributed by atoms with Crippen LogP contribution in [0.2, 0.25) is 0 Å². The van der Waals surface area contributed by atoms with Crippen molar-refractivity contribution in [1.82, 2.24) is 14.4 Å². The van der Waals surface area contributed by atoms with Gasteiger partial charge >= 0.3 is 0 Å². The van der Waals surface area contributed by atoms with Gasteiger partial charge in [-0.05, 0) is 30.2 Å². The number of benzene rings is 2. The molecule has 8 nitrogen and oxygen atoms in total. The minimum Gasteiger partial charge on any atom is -0.271 e. The summed E-state index contributed by atoms with van der Waals surface area (Å²) in [5.41, 5.74) is 4.83. The molecule has 1 aromatic heterocycles. The summed E-state index contributed by atoms with van der Waals surface area (Å²) in [4.78, 5) is 22.0. The number of para-hydroxylation sites is 2. The molecule has 0 saturated carbocycles. The van der Waals surface area contributed by atoms with Crippen molar-refractivity contribution in [2.24, 2.45) is 10.9 Å². The Kier molecular flexibility index (Phi) is 4.83. The molecule has 0 unspecified atom stereocenters. The fourth-order valence-electron chi connectivity index (χ4n) is 3.27. The van der Waals surface area contributed by atoms with Crippen molar-refractivity contribution in [2.45, 2.75) is 31.2 Å². The summed E-state index contributed by atoms with van der Waals surface area (Å²) in [6.07, 6.45) is 2.24. The molecule has 2 atom stereocenters. The predicted octanol–water partition coefficient (Wildman–Crippen LogP) is 2.26. The molecule has 0 radical (unpaired) electrons. The lowest BCUT2D eigenvalue weighted by Gasteiger charge is -2.20. The molecule has 1 amide bonds. The monoisotopic (exact) mass is 411 g/mol. The molecule has 1 aliphatic rings. The van der Waals surface area contributed by atoms with Crippen molar-refractivity contribution < 1.29 is 13.2 Å². The van der Waals surface area contributed by atoms with Gasteiger partial charge in [0.25, 0.3) is 15.9 Å². The van der Waals surface area contributed by atoms with E-state index in [0.717, 1.165) is 11.0 Å². The van der Waals surface area contributed by atoms with Gasteiger partial charge in [-0.15, -0.1) is 0 Å². The van der Waals surface area contributed by atoms with Gasteiger partial charge in [0.2, 0.25) is 0 Å². The fraction of sp³-hybridized carbons (Fsp3) is 0.250. The van der Waals surface area contributed by atoms with Crippen LogP contribution in [0.15, 0.2) is 64.7 Å². The summed E-state index contributed by atoms with van der Waals surface area (Å²) in [7, 11) is -3.66. The summed E-state index contributed by atoms with van der Waals surface area (Å²) >= 11 is 0. The number of fused-ring (bicyclic) bond motifs is 2. The molecular formula is C20H21N5O3S. The lowest BCUT2D eigenvalue weighted by Crippen LogP contribution is -2.38. The molecular weight excluding hydrogens is 390 g/mol. The fourth-order valence-corrected chi connectivity index (χ4v) is 4.51. The molecule has 0 spiro atoms. The summed E-state index contributed by atoms with van der Waals surface area (Å²) in [5, 5.41) is 0. The quantitative estimate of drug-likeness (QED) is 0.672. The first-order chi connectivity index (χ1) is 13.9. The highest BCUT2D eigenvalue weighted by molar-refractivity contribution is 7.90. The minimum absolute atomic E-state index is 0.102. The van der Waals surface area contributed by atoms with Crippen molar-refractivity contribution >= 4 is 32.8 Å². The van der Waals surface area contributed by atoms with Crippen LogP contribution in [-0.4, -0.2) is 35.9 Å². The molecule has 9 heteroatoms. The Morgan fingerprint density at radius 1 is 1.21 bits per heavy atom. The van der Waals surface area contributed by atoms with E-state index in [1.165, 1.54) is 12.4 Å². The Labute approximate surface area is 168 Å². The number of rotatable bonds is 5. The van der Waals surface area contributed by atoms with Crippen LogP contribution < -0.4 is 10.1 Å². The first-order valence-corrected chi connectivity index (χ1v) is 10.8. The highest BCUT2D eigenvalue weighted by Gasteiger charge is 2.33. The summed E-state index contributed by atoms with van der Waals surface area (Å²) in [5.74, 6) is -0.246. The van der Waals surface area contributed by atoms with Crippen molar-refractivity contribution in [2.75, 3.05) is 5.43 Å². The van der Waals surface area contributed by atoms with Crippen LogP contribution in [0.4, 0.5) is 0 Å². The third-order valence-electron chi connectivity index (χ3n) is 5.07. The smallest absolute Gasteiger partial charge is 0.263 e. The van der Waals surface area contributed by atoms with Gasteiger partial charge in [-0.3, -0.25) is 19.9 Å². The Morgan fingerprint density at radius 2 is 1.93 bits per heavy atom. The van der Waals surface area contributed by atoms with Gasteiger partial charge in [-0.25, -0.2) is 18.1 Å². The highest BCUT2D eigenvalue weighted by Crippen LogP contribution is 2.24. The number of amides is 1. The maximum absolute atomic E-state index is 13.1. The van der Waals surface area contributed by atoms with Crippen molar-refractivity contribution in [3.8, 4) is 0 Å². The average Bonchev–Trinajstić information content (AvgIpc) is 3.24. The molecule has 150 valence electrons. The minimum atomic E-state index is -3.66. The first kappa shape index (κ1) is 19.1. The lowest BCUT2D eigenvalue weighted by molar-refractivity contribution is -0.119. The number of hydrogen-bond donors (Lipinski definition) is 2. The summed E-state index contributed by atoms with van der Waals surface area (Å²) < 4.78 is 28.7. The van der Waals surface area contributed by atoms with Crippen LogP contribution in [0.25, 0.3) is 11.0 Å². The molecule has 29 heavy (non-hydrogen) atoms. The van der Waals surface area contributed by atoms with E-state index in [2.05, 4.69) is 20.1 Å². The Morgan fingerprint density at radius 3 is 2.72 bits per heavy atom. The molecule has 2 heterocycles. The van der Waals surface area contributed by atoms with Gasteiger partial charge in [0, 0.05) is 5.56 Å². The molecule has 1 aliphatic heterocycles. The van der Waals surface area contributed by atoms with E-state index >= 15 is 0 Å². The van der Waals surface area contributed by atoms with E-state index in [4.69, 9.17) is 0 Å². The number of nitrogens with zero attached hydrogens (tertiary/aromatic N) is 3. The molecule has 0 aliphatic carbocycles. The zero-order valence-electron chi connectivity index (χ0n) is 16.0. The van der Waals surface area contributed by atoms with Crippen LogP contribution in [0.1, 0.15) is 25.8 Å². The zero-order chi connectivity index (χ0) is 20.6. The van der Waals surface area contributed by atoms with Crippen molar-refractivity contribution in [3.63, 3.8) is 0 Å². The molecule has 0 bridgehead atoms. The Bertz CT molecular complexity index is 1220. The molecule has 0 saturated heterocycles. The number of amidine groups is 1. The molecule has 3 aromatic rings. The van der Waals surface area contributed by atoms with Crippen LogP contribution in [0.3, 0.4) is 0 Å². The van der Waals surface area contributed by atoms with E-state index in [-0.39, 0.29) is 22.6 Å². The van der Waals surface area contributed by atoms with E-state index in [1.807, 2.05) is 38.1 Å². The molecule has 4 rings (SSSR count). The average molecular weight is 411 g/mol. The zero-order valence-corrected chi connectivity index (χ0v) is 16.8.